The van der Waals surface area contributed by atoms with Crippen molar-refractivity contribution in [3.05, 3.63) is 60.2 Å². The molecular weight excluding hydrogens is 254 g/mol. The Morgan fingerprint density at radius 3 is 1.70 bits per heavy atom. The zero-order valence-electron chi connectivity index (χ0n) is 11.3. The van der Waals surface area contributed by atoms with Crippen LogP contribution in [0.1, 0.15) is 11.4 Å². The van der Waals surface area contributed by atoms with Crippen molar-refractivity contribution in [2.45, 2.75) is 19.1 Å². The Kier molecular flexibility index (Phi) is 5.61. The molecule has 20 heavy (non-hydrogen) atoms. The number of aromatic nitrogens is 2. The maximum absolute atomic E-state index is 9.41. The van der Waals surface area contributed by atoms with Crippen LogP contribution < -0.4 is 0 Å². The molecule has 0 amide bonds. The quantitative estimate of drug-likeness (QED) is 0.782. The SMILES string of the molecule is OCC(CO)N(Cc1ccccn1)Cc1ccccn1. The first-order chi connectivity index (χ1) is 9.83. The van der Waals surface area contributed by atoms with E-state index in [-0.39, 0.29) is 19.3 Å². The Bertz CT molecular complexity index is 447. The summed E-state index contributed by atoms with van der Waals surface area (Å²) in [7, 11) is 0. The van der Waals surface area contributed by atoms with E-state index in [0.29, 0.717) is 13.1 Å². The van der Waals surface area contributed by atoms with Crippen LogP contribution in [-0.2, 0) is 13.1 Å². The van der Waals surface area contributed by atoms with Crippen LogP contribution in [0.3, 0.4) is 0 Å². The van der Waals surface area contributed by atoms with Crippen LogP contribution in [0.25, 0.3) is 0 Å². The van der Waals surface area contributed by atoms with Crippen molar-refractivity contribution in [3.8, 4) is 0 Å². The minimum Gasteiger partial charge on any atom is -0.395 e. The summed E-state index contributed by atoms with van der Waals surface area (Å²) in [6.45, 7) is 0.915. The van der Waals surface area contributed by atoms with Gasteiger partial charge < -0.3 is 10.2 Å². The Hall–Kier alpha value is -1.82. The van der Waals surface area contributed by atoms with Gasteiger partial charge in [0.2, 0.25) is 0 Å². The molecular formula is C15H19N3O2. The normalized spacial score (nSPS) is 11.2. The molecule has 0 saturated carbocycles. The van der Waals surface area contributed by atoms with E-state index in [1.54, 1.807) is 12.4 Å². The molecule has 5 nitrogen and oxygen atoms in total. The molecule has 0 atom stereocenters. The maximum Gasteiger partial charge on any atom is 0.0609 e. The molecule has 2 heterocycles. The predicted octanol–water partition coefficient (Wildman–Crippen LogP) is 0.832. The molecule has 0 unspecified atom stereocenters. The standard InChI is InChI=1S/C15H19N3O2/c19-11-15(12-20)18(9-13-5-1-3-7-16-13)10-14-6-2-4-8-17-14/h1-8,15,19-20H,9-12H2. The summed E-state index contributed by atoms with van der Waals surface area (Å²) in [5, 5.41) is 18.8. The third-order valence-corrected chi connectivity index (χ3v) is 3.12. The summed E-state index contributed by atoms with van der Waals surface area (Å²) in [4.78, 5) is 10.5. The Morgan fingerprint density at radius 1 is 0.850 bits per heavy atom. The van der Waals surface area contributed by atoms with Gasteiger partial charge in [-0.2, -0.15) is 0 Å². The van der Waals surface area contributed by atoms with E-state index in [1.807, 2.05) is 41.3 Å². The van der Waals surface area contributed by atoms with Crippen molar-refractivity contribution >= 4 is 0 Å². The summed E-state index contributed by atoms with van der Waals surface area (Å²) in [5.74, 6) is 0. The summed E-state index contributed by atoms with van der Waals surface area (Å²) in [6, 6.07) is 11.1. The molecule has 0 fully saturated rings. The van der Waals surface area contributed by atoms with Gasteiger partial charge in [0.25, 0.3) is 0 Å². The Labute approximate surface area is 118 Å². The van der Waals surface area contributed by atoms with Gasteiger partial charge in [0.05, 0.1) is 30.6 Å². The zero-order valence-corrected chi connectivity index (χ0v) is 11.3. The molecule has 0 aromatic carbocycles. The first-order valence-corrected chi connectivity index (χ1v) is 6.59. The lowest BCUT2D eigenvalue weighted by atomic mass is 10.2. The molecule has 2 N–H and O–H groups in total. The van der Waals surface area contributed by atoms with Gasteiger partial charge in [-0.15, -0.1) is 0 Å². The van der Waals surface area contributed by atoms with E-state index in [1.165, 1.54) is 0 Å². The summed E-state index contributed by atoms with van der Waals surface area (Å²) in [6.07, 6.45) is 3.47. The van der Waals surface area contributed by atoms with Crippen LogP contribution >= 0.6 is 0 Å². The van der Waals surface area contributed by atoms with E-state index in [9.17, 15) is 10.2 Å². The topological polar surface area (TPSA) is 69.5 Å². The number of nitrogens with zero attached hydrogens (tertiary/aromatic N) is 3. The highest BCUT2D eigenvalue weighted by atomic mass is 16.3. The molecule has 5 heteroatoms. The van der Waals surface area contributed by atoms with Gasteiger partial charge in [0, 0.05) is 25.5 Å². The van der Waals surface area contributed by atoms with Crippen molar-refractivity contribution in [1.29, 1.82) is 0 Å². The van der Waals surface area contributed by atoms with Gasteiger partial charge in [0.1, 0.15) is 0 Å². The monoisotopic (exact) mass is 273 g/mol. The molecule has 2 aromatic rings. The minimum absolute atomic E-state index is 0.101. The largest absolute Gasteiger partial charge is 0.395 e. The fourth-order valence-corrected chi connectivity index (χ4v) is 2.00. The highest BCUT2D eigenvalue weighted by Crippen LogP contribution is 2.10. The number of rotatable bonds is 7. The first kappa shape index (κ1) is 14.6. The highest BCUT2D eigenvalue weighted by Gasteiger charge is 2.18. The van der Waals surface area contributed by atoms with E-state index in [4.69, 9.17) is 0 Å². The highest BCUT2D eigenvalue weighted by molar-refractivity contribution is 5.06. The summed E-state index contributed by atoms with van der Waals surface area (Å²) >= 11 is 0. The second-order valence-corrected chi connectivity index (χ2v) is 4.57. The van der Waals surface area contributed by atoms with Crippen LogP contribution in [0.5, 0.6) is 0 Å². The van der Waals surface area contributed by atoms with E-state index in [0.717, 1.165) is 11.4 Å². The molecule has 0 saturated heterocycles. The van der Waals surface area contributed by atoms with Gasteiger partial charge >= 0.3 is 0 Å². The number of hydrogen-bond acceptors (Lipinski definition) is 5. The third-order valence-electron chi connectivity index (χ3n) is 3.12. The van der Waals surface area contributed by atoms with Crippen LogP contribution in [0.2, 0.25) is 0 Å². The van der Waals surface area contributed by atoms with Crippen molar-refractivity contribution in [3.63, 3.8) is 0 Å². The van der Waals surface area contributed by atoms with E-state index in [2.05, 4.69) is 9.97 Å². The molecule has 0 radical (unpaired) electrons. The van der Waals surface area contributed by atoms with Crippen molar-refractivity contribution < 1.29 is 10.2 Å². The number of pyridine rings is 2. The average Bonchev–Trinajstić information content (AvgIpc) is 2.50. The molecule has 2 rings (SSSR count). The number of aliphatic hydroxyl groups excluding tert-OH is 2. The molecule has 0 aliphatic rings. The molecule has 106 valence electrons. The molecule has 0 bridgehead atoms. The fourth-order valence-electron chi connectivity index (χ4n) is 2.00. The van der Waals surface area contributed by atoms with Crippen LogP contribution in [-0.4, -0.2) is 44.3 Å². The lowest BCUT2D eigenvalue weighted by Crippen LogP contribution is -2.40. The Morgan fingerprint density at radius 2 is 1.35 bits per heavy atom. The van der Waals surface area contributed by atoms with Gasteiger partial charge in [-0.1, -0.05) is 12.1 Å². The smallest absolute Gasteiger partial charge is 0.0609 e. The minimum atomic E-state index is -0.320. The first-order valence-electron chi connectivity index (χ1n) is 6.59. The van der Waals surface area contributed by atoms with E-state index < -0.39 is 0 Å². The molecule has 0 aliphatic heterocycles. The van der Waals surface area contributed by atoms with Crippen LogP contribution in [0, 0.1) is 0 Å². The average molecular weight is 273 g/mol. The van der Waals surface area contributed by atoms with E-state index >= 15 is 0 Å². The van der Waals surface area contributed by atoms with Crippen molar-refractivity contribution in [1.82, 2.24) is 14.9 Å². The fraction of sp³-hybridized carbons (Fsp3) is 0.333. The van der Waals surface area contributed by atoms with Gasteiger partial charge in [-0.3, -0.25) is 14.9 Å². The van der Waals surface area contributed by atoms with Gasteiger partial charge in [-0.05, 0) is 24.3 Å². The lowest BCUT2D eigenvalue weighted by Gasteiger charge is -2.28. The summed E-state index contributed by atoms with van der Waals surface area (Å²) < 4.78 is 0. The molecule has 0 aliphatic carbocycles. The molecule has 2 aromatic heterocycles. The van der Waals surface area contributed by atoms with Gasteiger partial charge in [-0.25, -0.2) is 0 Å². The number of hydrogen-bond donors (Lipinski definition) is 2. The second-order valence-electron chi connectivity index (χ2n) is 4.57. The third kappa shape index (κ3) is 4.09. The maximum atomic E-state index is 9.41. The van der Waals surface area contributed by atoms with Crippen molar-refractivity contribution in [2.75, 3.05) is 13.2 Å². The zero-order chi connectivity index (χ0) is 14.2. The van der Waals surface area contributed by atoms with Crippen LogP contribution in [0.15, 0.2) is 48.8 Å². The number of aliphatic hydroxyl groups is 2. The van der Waals surface area contributed by atoms with Crippen LogP contribution in [0.4, 0.5) is 0 Å². The van der Waals surface area contributed by atoms with Crippen molar-refractivity contribution in [2.24, 2.45) is 0 Å². The van der Waals surface area contributed by atoms with Gasteiger partial charge in [0.15, 0.2) is 0 Å². The molecule has 0 spiro atoms. The lowest BCUT2D eigenvalue weighted by molar-refractivity contribution is 0.0616. The summed E-state index contributed by atoms with van der Waals surface area (Å²) in [5.41, 5.74) is 1.80. The predicted molar refractivity (Wildman–Crippen MR) is 75.7 cm³/mol. The second kappa shape index (κ2) is 7.69. The Balaban J connectivity index is 2.12.